The van der Waals surface area contributed by atoms with Crippen molar-refractivity contribution >= 4 is 40.7 Å². The molecule has 1 atom stereocenters. The van der Waals surface area contributed by atoms with Gasteiger partial charge in [0.25, 0.3) is 0 Å². The maximum Gasteiger partial charge on any atom is 0.124 e. The monoisotopic (exact) mass is 398 g/mol. The van der Waals surface area contributed by atoms with Gasteiger partial charge < -0.3 is 5.32 Å². The Kier molecular flexibility index (Phi) is 9.74. The van der Waals surface area contributed by atoms with E-state index in [-0.39, 0.29) is 36.7 Å². The molecule has 0 unspecified atom stereocenters. The van der Waals surface area contributed by atoms with E-state index in [1.165, 1.54) is 6.07 Å². The second-order valence-electron chi connectivity index (χ2n) is 5.13. The summed E-state index contributed by atoms with van der Waals surface area (Å²) in [6.07, 6.45) is 0.907. The summed E-state index contributed by atoms with van der Waals surface area (Å²) < 4.78 is 14.1. The highest BCUT2D eigenvalue weighted by molar-refractivity contribution is 9.10. The Morgan fingerprint density at radius 2 is 2.00 bits per heavy atom. The molecule has 1 aromatic carbocycles. The van der Waals surface area contributed by atoms with Crippen LogP contribution in [-0.2, 0) is 0 Å². The standard InChI is InChI=1S/C15H20BrFN2.2ClH/c1-11(2)9-15(19-7-5-18-6-8-19)13-4-3-12(17)10-14(13)16;;/h3-4,10,15,18H,1,5-9H2,2H3;2*1H/t15-;;/m0../s1. The number of piperazine rings is 1. The predicted octanol–water partition coefficient (Wildman–Crippen LogP) is 4.34. The lowest BCUT2D eigenvalue weighted by Gasteiger charge is -2.36. The Morgan fingerprint density at radius 1 is 1.38 bits per heavy atom. The average molecular weight is 400 g/mol. The lowest BCUT2D eigenvalue weighted by atomic mass is 9.98. The van der Waals surface area contributed by atoms with Crippen molar-refractivity contribution in [1.29, 1.82) is 0 Å². The van der Waals surface area contributed by atoms with Crippen LogP contribution in [0.4, 0.5) is 4.39 Å². The average Bonchev–Trinajstić information content (AvgIpc) is 2.37. The van der Waals surface area contributed by atoms with Crippen molar-refractivity contribution in [3.63, 3.8) is 0 Å². The van der Waals surface area contributed by atoms with E-state index >= 15 is 0 Å². The van der Waals surface area contributed by atoms with Crippen LogP contribution in [0.3, 0.4) is 0 Å². The molecule has 0 aliphatic carbocycles. The van der Waals surface area contributed by atoms with Crippen LogP contribution < -0.4 is 5.32 Å². The minimum Gasteiger partial charge on any atom is -0.314 e. The van der Waals surface area contributed by atoms with Gasteiger partial charge in [0.05, 0.1) is 0 Å². The highest BCUT2D eigenvalue weighted by atomic mass is 79.9. The van der Waals surface area contributed by atoms with Gasteiger partial charge in [-0.3, -0.25) is 4.90 Å². The van der Waals surface area contributed by atoms with Crippen LogP contribution >= 0.6 is 40.7 Å². The summed E-state index contributed by atoms with van der Waals surface area (Å²) in [4.78, 5) is 2.45. The van der Waals surface area contributed by atoms with Gasteiger partial charge in [0.15, 0.2) is 0 Å². The molecule has 1 fully saturated rings. The van der Waals surface area contributed by atoms with Crippen molar-refractivity contribution in [1.82, 2.24) is 10.2 Å². The summed E-state index contributed by atoms with van der Waals surface area (Å²) in [5.74, 6) is -0.204. The van der Waals surface area contributed by atoms with Gasteiger partial charge in [-0.2, -0.15) is 0 Å². The zero-order valence-electron chi connectivity index (χ0n) is 12.1. The van der Waals surface area contributed by atoms with Gasteiger partial charge in [-0.05, 0) is 31.0 Å². The second-order valence-corrected chi connectivity index (χ2v) is 5.98. The molecule has 0 bridgehead atoms. The van der Waals surface area contributed by atoms with E-state index in [1.54, 1.807) is 6.07 Å². The third kappa shape index (κ3) is 5.87. The number of nitrogens with one attached hydrogen (secondary N) is 1. The van der Waals surface area contributed by atoms with Gasteiger partial charge in [0, 0.05) is 36.7 Å². The molecule has 0 amide bonds. The smallest absolute Gasteiger partial charge is 0.124 e. The Bertz CT molecular complexity index is 465. The van der Waals surface area contributed by atoms with Crippen molar-refractivity contribution < 1.29 is 4.39 Å². The van der Waals surface area contributed by atoms with Gasteiger partial charge in [0.2, 0.25) is 0 Å². The van der Waals surface area contributed by atoms with Crippen LogP contribution in [0.15, 0.2) is 34.8 Å². The van der Waals surface area contributed by atoms with Crippen LogP contribution in [-0.4, -0.2) is 31.1 Å². The summed E-state index contributed by atoms with van der Waals surface area (Å²) in [5.41, 5.74) is 2.30. The van der Waals surface area contributed by atoms with E-state index in [9.17, 15) is 4.39 Å². The molecule has 1 aromatic rings. The third-order valence-electron chi connectivity index (χ3n) is 3.46. The zero-order chi connectivity index (χ0) is 13.8. The van der Waals surface area contributed by atoms with Crippen LogP contribution in [0, 0.1) is 5.82 Å². The fraction of sp³-hybridized carbons (Fsp3) is 0.467. The second kappa shape index (κ2) is 9.80. The molecule has 2 rings (SSSR count). The fourth-order valence-corrected chi connectivity index (χ4v) is 3.15. The Labute approximate surface area is 147 Å². The molecular formula is C15H22BrCl2FN2. The first-order chi connectivity index (χ1) is 9.08. The first-order valence-corrected chi connectivity index (χ1v) is 7.41. The maximum absolute atomic E-state index is 13.2. The zero-order valence-corrected chi connectivity index (χ0v) is 15.3. The quantitative estimate of drug-likeness (QED) is 0.757. The van der Waals surface area contributed by atoms with Crippen molar-refractivity contribution in [3.05, 3.63) is 46.2 Å². The van der Waals surface area contributed by atoms with Gasteiger partial charge >= 0.3 is 0 Å². The number of hydrogen-bond acceptors (Lipinski definition) is 2. The van der Waals surface area contributed by atoms with E-state index in [0.717, 1.165) is 48.2 Å². The van der Waals surface area contributed by atoms with Gasteiger partial charge in [-0.1, -0.05) is 27.6 Å². The van der Waals surface area contributed by atoms with E-state index < -0.39 is 0 Å². The molecule has 6 heteroatoms. The minimum atomic E-state index is -0.204. The van der Waals surface area contributed by atoms with E-state index in [4.69, 9.17) is 0 Å². The van der Waals surface area contributed by atoms with Gasteiger partial charge in [-0.25, -0.2) is 4.39 Å². The lowest BCUT2D eigenvalue weighted by Crippen LogP contribution is -2.45. The Balaban J connectivity index is 0.00000200. The van der Waals surface area contributed by atoms with E-state index in [0.29, 0.717) is 0 Å². The maximum atomic E-state index is 13.2. The minimum absolute atomic E-state index is 0. The normalized spacial score (nSPS) is 16.5. The molecule has 1 aliphatic heterocycles. The molecule has 2 nitrogen and oxygen atoms in total. The number of hydrogen-bond donors (Lipinski definition) is 1. The molecule has 1 aliphatic rings. The van der Waals surface area contributed by atoms with Gasteiger partial charge in [-0.15, -0.1) is 31.4 Å². The molecule has 1 N–H and O–H groups in total. The molecular weight excluding hydrogens is 378 g/mol. The Hall–Kier alpha value is -0.130. The topological polar surface area (TPSA) is 15.3 Å². The fourth-order valence-electron chi connectivity index (χ4n) is 2.53. The number of nitrogens with zero attached hydrogens (tertiary/aromatic N) is 1. The van der Waals surface area contributed by atoms with Crippen molar-refractivity contribution in [3.8, 4) is 0 Å². The molecule has 21 heavy (non-hydrogen) atoms. The molecule has 0 spiro atoms. The summed E-state index contributed by atoms with van der Waals surface area (Å²) in [7, 11) is 0. The molecule has 0 saturated carbocycles. The molecule has 1 saturated heterocycles. The number of halogens is 4. The number of rotatable bonds is 4. The summed E-state index contributed by atoms with van der Waals surface area (Å²) in [6, 6.07) is 5.24. The van der Waals surface area contributed by atoms with Crippen molar-refractivity contribution in [2.45, 2.75) is 19.4 Å². The molecule has 1 heterocycles. The van der Waals surface area contributed by atoms with Crippen LogP contribution in [0.1, 0.15) is 24.9 Å². The summed E-state index contributed by atoms with van der Waals surface area (Å²) >= 11 is 3.49. The highest BCUT2D eigenvalue weighted by Crippen LogP contribution is 2.33. The van der Waals surface area contributed by atoms with E-state index in [2.05, 4.69) is 32.7 Å². The van der Waals surface area contributed by atoms with Crippen molar-refractivity contribution in [2.24, 2.45) is 0 Å². The molecule has 120 valence electrons. The van der Waals surface area contributed by atoms with Crippen LogP contribution in [0.25, 0.3) is 0 Å². The highest BCUT2D eigenvalue weighted by Gasteiger charge is 2.23. The summed E-state index contributed by atoms with van der Waals surface area (Å²) in [6.45, 7) is 10.1. The van der Waals surface area contributed by atoms with Crippen LogP contribution in [0.5, 0.6) is 0 Å². The third-order valence-corrected chi connectivity index (χ3v) is 4.14. The summed E-state index contributed by atoms with van der Waals surface area (Å²) in [5, 5.41) is 3.36. The van der Waals surface area contributed by atoms with Crippen LogP contribution in [0.2, 0.25) is 0 Å². The molecule has 0 aromatic heterocycles. The predicted molar refractivity (Wildman–Crippen MR) is 95.2 cm³/mol. The largest absolute Gasteiger partial charge is 0.314 e. The molecule has 0 radical (unpaired) electrons. The first kappa shape index (κ1) is 20.9. The van der Waals surface area contributed by atoms with E-state index in [1.807, 2.05) is 13.0 Å². The lowest BCUT2D eigenvalue weighted by molar-refractivity contribution is 0.172. The van der Waals surface area contributed by atoms with Crippen molar-refractivity contribution in [2.75, 3.05) is 26.2 Å². The van der Waals surface area contributed by atoms with Gasteiger partial charge in [0.1, 0.15) is 5.82 Å². The SMILES string of the molecule is C=C(C)C[C@@H](c1ccc(F)cc1Br)N1CCNCC1.Cl.Cl. The first-order valence-electron chi connectivity index (χ1n) is 6.62. The number of benzene rings is 1. The Morgan fingerprint density at radius 3 is 2.52 bits per heavy atom.